The highest BCUT2D eigenvalue weighted by atomic mass is 32.5. The van der Waals surface area contributed by atoms with Crippen LogP contribution in [0.1, 0.15) is 0 Å². The first-order valence-electron chi connectivity index (χ1n) is 3.11. The first-order valence-corrected chi connectivity index (χ1v) is 5.67. The van der Waals surface area contributed by atoms with Crippen molar-refractivity contribution in [2.45, 2.75) is 0 Å². The van der Waals surface area contributed by atoms with E-state index in [2.05, 4.69) is 5.92 Å². The Hall–Kier alpha value is 0.0900. The zero-order valence-corrected chi connectivity index (χ0v) is 7.86. The second kappa shape index (κ2) is 3.66. The summed E-state index contributed by atoms with van der Waals surface area (Å²) in [6.45, 7) is -1.51. The Bertz CT molecular complexity index is 210. The summed E-state index contributed by atoms with van der Waals surface area (Å²) in [5, 5.41) is 0. The molecule has 62 valence electrons. The van der Waals surface area contributed by atoms with Crippen molar-refractivity contribution in [1.29, 1.82) is 0 Å². The lowest BCUT2D eigenvalue weighted by Gasteiger charge is -2.27. The largest absolute Gasteiger partial charge is 0.326 e. The molecule has 0 atom stereocenters. The summed E-state index contributed by atoms with van der Waals surface area (Å²) in [4.78, 5) is 0. The third kappa shape index (κ3) is 2.26. The minimum atomic E-state index is -2.41. The Morgan fingerprint density at radius 1 is 1.64 bits per heavy atom. The molecule has 0 amide bonds. The Morgan fingerprint density at radius 2 is 2.18 bits per heavy atom. The molecule has 11 heavy (non-hydrogen) atoms. The van der Waals surface area contributed by atoms with Gasteiger partial charge in [0.15, 0.2) is 0 Å². The maximum atomic E-state index is 5.16. The van der Waals surface area contributed by atoms with E-state index in [4.69, 9.17) is 31.8 Å². The standard InChI is InChI=1S/C6H9O3PS/c1-3-6-4-8-10(11,7-2)9-5-6/h1,6H,4-5H2,2H3. The molecule has 0 aromatic heterocycles. The summed E-state index contributed by atoms with van der Waals surface area (Å²) >= 11 is 4.93. The van der Waals surface area contributed by atoms with Gasteiger partial charge in [-0.2, -0.15) is 0 Å². The zero-order chi connectivity index (χ0) is 8.32. The molecule has 1 fully saturated rings. The smallest absolute Gasteiger partial charge is 0.312 e. The molecule has 1 rings (SSSR count). The van der Waals surface area contributed by atoms with Crippen molar-refractivity contribution in [2.24, 2.45) is 5.92 Å². The van der Waals surface area contributed by atoms with Crippen LogP contribution in [0, 0.1) is 18.3 Å². The van der Waals surface area contributed by atoms with Gasteiger partial charge >= 0.3 is 6.72 Å². The summed E-state index contributed by atoms with van der Waals surface area (Å²) in [5.74, 6) is 2.55. The van der Waals surface area contributed by atoms with Gasteiger partial charge in [-0.15, -0.1) is 6.42 Å². The van der Waals surface area contributed by atoms with Crippen LogP contribution in [0.15, 0.2) is 0 Å². The highest BCUT2D eigenvalue weighted by Gasteiger charge is 2.27. The van der Waals surface area contributed by atoms with Gasteiger partial charge in [-0.25, -0.2) is 0 Å². The zero-order valence-electron chi connectivity index (χ0n) is 6.15. The molecular weight excluding hydrogens is 183 g/mol. The molecule has 0 aliphatic carbocycles. The van der Waals surface area contributed by atoms with E-state index in [0.29, 0.717) is 13.2 Å². The Balaban J connectivity index is 2.49. The van der Waals surface area contributed by atoms with E-state index in [1.54, 1.807) is 0 Å². The van der Waals surface area contributed by atoms with E-state index in [9.17, 15) is 0 Å². The van der Waals surface area contributed by atoms with E-state index in [1.165, 1.54) is 7.11 Å². The summed E-state index contributed by atoms with van der Waals surface area (Å²) in [5.41, 5.74) is 0. The van der Waals surface area contributed by atoms with Crippen molar-refractivity contribution >= 4 is 18.5 Å². The molecule has 5 heteroatoms. The maximum absolute atomic E-state index is 5.16. The summed E-state index contributed by atoms with van der Waals surface area (Å²) in [7, 11) is 1.48. The van der Waals surface area contributed by atoms with Crippen molar-refractivity contribution in [1.82, 2.24) is 0 Å². The second-order valence-corrected chi connectivity index (χ2v) is 5.20. The fraction of sp³-hybridized carbons (Fsp3) is 0.667. The maximum Gasteiger partial charge on any atom is 0.326 e. The predicted octanol–water partition coefficient (Wildman–Crippen LogP) is 1.15. The highest BCUT2D eigenvalue weighted by Crippen LogP contribution is 2.51. The van der Waals surface area contributed by atoms with Gasteiger partial charge in [-0.1, -0.05) is 5.92 Å². The van der Waals surface area contributed by atoms with Crippen LogP contribution in [0.2, 0.25) is 0 Å². The van der Waals surface area contributed by atoms with Gasteiger partial charge in [0.05, 0.1) is 19.1 Å². The van der Waals surface area contributed by atoms with Crippen LogP contribution >= 0.6 is 6.72 Å². The molecule has 1 saturated heterocycles. The van der Waals surface area contributed by atoms with E-state index >= 15 is 0 Å². The Morgan fingerprint density at radius 3 is 2.55 bits per heavy atom. The first-order chi connectivity index (χ1) is 5.20. The molecule has 0 aromatic carbocycles. The Labute approximate surface area is 71.3 Å². The lowest BCUT2D eigenvalue weighted by Crippen LogP contribution is -2.19. The average Bonchev–Trinajstić information content (AvgIpc) is 2.06. The van der Waals surface area contributed by atoms with Crippen molar-refractivity contribution in [2.75, 3.05) is 20.3 Å². The molecule has 0 saturated carbocycles. The summed E-state index contributed by atoms with van der Waals surface area (Å²) in [6.07, 6.45) is 5.16. The first kappa shape index (κ1) is 9.18. The van der Waals surface area contributed by atoms with Crippen LogP contribution in [0.5, 0.6) is 0 Å². The summed E-state index contributed by atoms with van der Waals surface area (Å²) < 4.78 is 15.2. The molecule has 0 spiro atoms. The van der Waals surface area contributed by atoms with Crippen molar-refractivity contribution in [3.8, 4) is 12.3 Å². The molecule has 0 aromatic rings. The van der Waals surface area contributed by atoms with Crippen LogP contribution in [-0.4, -0.2) is 20.3 Å². The molecule has 0 unspecified atom stereocenters. The van der Waals surface area contributed by atoms with Crippen LogP contribution in [-0.2, 0) is 25.4 Å². The topological polar surface area (TPSA) is 27.7 Å². The molecular formula is C6H9O3PS. The summed E-state index contributed by atoms with van der Waals surface area (Å²) in [6, 6.07) is 0. The van der Waals surface area contributed by atoms with Gasteiger partial charge in [0.25, 0.3) is 0 Å². The number of hydrogen-bond acceptors (Lipinski definition) is 4. The lowest BCUT2D eigenvalue weighted by molar-refractivity contribution is 0.101. The number of rotatable bonds is 1. The van der Waals surface area contributed by atoms with E-state index in [-0.39, 0.29) is 5.92 Å². The minimum Gasteiger partial charge on any atom is -0.312 e. The van der Waals surface area contributed by atoms with E-state index in [0.717, 1.165) is 0 Å². The van der Waals surface area contributed by atoms with Crippen molar-refractivity contribution < 1.29 is 13.6 Å². The molecule has 3 nitrogen and oxygen atoms in total. The van der Waals surface area contributed by atoms with Gasteiger partial charge in [-0.05, 0) is 11.8 Å². The van der Waals surface area contributed by atoms with Gasteiger partial charge in [0.2, 0.25) is 0 Å². The SMILES string of the molecule is C#CC1COP(=S)(OC)OC1. The minimum absolute atomic E-state index is 0.0150. The van der Waals surface area contributed by atoms with Gasteiger partial charge in [0, 0.05) is 7.11 Å². The number of hydrogen-bond donors (Lipinski definition) is 0. The van der Waals surface area contributed by atoms with Gasteiger partial charge in [0.1, 0.15) is 0 Å². The highest BCUT2D eigenvalue weighted by molar-refractivity contribution is 8.07. The normalized spacial score (nSPS) is 38.0. The fourth-order valence-corrected chi connectivity index (χ4v) is 2.03. The molecule has 0 N–H and O–H groups in total. The number of terminal acetylenes is 1. The second-order valence-electron chi connectivity index (χ2n) is 2.08. The molecule has 0 radical (unpaired) electrons. The van der Waals surface area contributed by atoms with Crippen LogP contribution in [0.3, 0.4) is 0 Å². The fourth-order valence-electron chi connectivity index (χ4n) is 0.650. The van der Waals surface area contributed by atoms with Gasteiger partial charge < -0.3 is 13.6 Å². The third-order valence-corrected chi connectivity index (χ3v) is 3.78. The van der Waals surface area contributed by atoms with Crippen LogP contribution in [0.25, 0.3) is 0 Å². The van der Waals surface area contributed by atoms with Crippen LogP contribution in [0.4, 0.5) is 0 Å². The third-order valence-electron chi connectivity index (χ3n) is 1.33. The monoisotopic (exact) mass is 192 g/mol. The molecule has 1 heterocycles. The quantitative estimate of drug-likeness (QED) is 0.460. The van der Waals surface area contributed by atoms with Crippen LogP contribution < -0.4 is 0 Å². The molecule has 0 bridgehead atoms. The average molecular weight is 192 g/mol. The van der Waals surface area contributed by atoms with Crippen molar-refractivity contribution in [3.05, 3.63) is 0 Å². The Kier molecular flexibility index (Phi) is 3.06. The van der Waals surface area contributed by atoms with Gasteiger partial charge in [-0.3, -0.25) is 0 Å². The van der Waals surface area contributed by atoms with E-state index < -0.39 is 6.72 Å². The molecule has 1 aliphatic rings. The van der Waals surface area contributed by atoms with Crippen molar-refractivity contribution in [3.63, 3.8) is 0 Å². The predicted molar refractivity (Wildman–Crippen MR) is 45.5 cm³/mol. The van der Waals surface area contributed by atoms with E-state index in [1.807, 2.05) is 0 Å². The molecule has 1 aliphatic heterocycles. The lowest BCUT2D eigenvalue weighted by atomic mass is 10.2.